The van der Waals surface area contributed by atoms with Gasteiger partial charge < -0.3 is 20.3 Å². The van der Waals surface area contributed by atoms with Crippen molar-refractivity contribution in [3.05, 3.63) is 53.6 Å². The number of nitrogens with one attached hydrogen (secondary N) is 2. The summed E-state index contributed by atoms with van der Waals surface area (Å²) in [4.78, 5) is 29.3. The van der Waals surface area contributed by atoms with Crippen molar-refractivity contribution in [1.29, 1.82) is 0 Å². The van der Waals surface area contributed by atoms with Gasteiger partial charge in [-0.05, 0) is 43.2 Å². The van der Waals surface area contributed by atoms with Gasteiger partial charge >= 0.3 is 0 Å². The van der Waals surface area contributed by atoms with Crippen LogP contribution in [0.3, 0.4) is 0 Å². The maximum Gasteiger partial charge on any atom is 0.266 e. The molecule has 7 nitrogen and oxygen atoms in total. The van der Waals surface area contributed by atoms with Crippen molar-refractivity contribution in [2.24, 2.45) is 0 Å². The van der Waals surface area contributed by atoms with Crippen LogP contribution in [0.2, 0.25) is 0 Å². The lowest BCUT2D eigenvalue weighted by atomic mass is 10.1. The molecule has 164 valence electrons. The fourth-order valence-electron chi connectivity index (χ4n) is 4.11. The minimum absolute atomic E-state index is 0.0145. The summed E-state index contributed by atoms with van der Waals surface area (Å²) >= 11 is 0. The Morgan fingerprint density at radius 1 is 1.10 bits per heavy atom. The van der Waals surface area contributed by atoms with Crippen molar-refractivity contribution in [2.45, 2.75) is 26.4 Å². The number of hydrogen-bond acceptors (Lipinski definition) is 5. The summed E-state index contributed by atoms with van der Waals surface area (Å²) in [7, 11) is 0. The lowest BCUT2D eigenvalue weighted by Crippen LogP contribution is -2.49. The van der Waals surface area contributed by atoms with Crippen LogP contribution in [0.4, 0.5) is 11.4 Å². The van der Waals surface area contributed by atoms with Crippen LogP contribution < -0.4 is 20.3 Å². The van der Waals surface area contributed by atoms with Gasteiger partial charge in [-0.15, -0.1) is 0 Å². The van der Waals surface area contributed by atoms with Crippen LogP contribution in [0.1, 0.15) is 17.5 Å². The zero-order valence-electron chi connectivity index (χ0n) is 18.2. The SMILES string of the molecule is Cc1cccc(N2CCN(CCNC(=O)C[C@@H]3Oc4ccccc4NC3=O)CC2)c1C. The summed E-state index contributed by atoms with van der Waals surface area (Å²) in [6.07, 6.45) is -0.781. The highest BCUT2D eigenvalue weighted by Gasteiger charge is 2.29. The first-order chi connectivity index (χ1) is 15.0. The number of carbonyl (C=O) groups is 2. The van der Waals surface area contributed by atoms with E-state index in [-0.39, 0.29) is 18.2 Å². The Labute approximate surface area is 183 Å². The molecule has 0 saturated carbocycles. The Hall–Kier alpha value is -3.06. The number of ether oxygens (including phenoxy) is 1. The first-order valence-corrected chi connectivity index (χ1v) is 10.9. The van der Waals surface area contributed by atoms with Crippen LogP contribution in [-0.4, -0.2) is 62.1 Å². The van der Waals surface area contributed by atoms with Crippen LogP contribution in [0.15, 0.2) is 42.5 Å². The summed E-state index contributed by atoms with van der Waals surface area (Å²) in [5.41, 5.74) is 4.63. The van der Waals surface area contributed by atoms with Crippen LogP contribution >= 0.6 is 0 Å². The third-order valence-corrected chi connectivity index (χ3v) is 6.12. The lowest BCUT2D eigenvalue weighted by molar-refractivity contribution is -0.130. The number of carbonyl (C=O) groups excluding carboxylic acids is 2. The fraction of sp³-hybridized carbons (Fsp3) is 0.417. The molecule has 2 aromatic rings. The Morgan fingerprint density at radius 2 is 1.87 bits per heavy atom. The molecule has 0 aromatic heterocycles. The molecule has 0 spiro atoms. The fourth-order valence-corrected chi connectivity index (χ4v) is 4.11. The molecule has 0 unspecified atom stereocenters. The Morgan fingerprint density at radius 3 is 2.68 bits per heavy atom. The average Bonchev–Trinajstić information content (AvgIpc) is 2.77. The van der Waals surface area contributed by atoms with E-state index in [4.69, 9.17) is 4.74 Å². The van der Waals surface area contributed by atoms with Crippen molar-refractivity contribution in [3.8, 4) is 5.75 Å². The summed E-state index contributed by atoms with van der Waals surface area (Å²) < 4.78 is 5.69. The highest BCUT2D eigenvalue weighted by atomic mass is 16.5. The molecular formula is C24H30N4O3. The third-order valence-electron chi connectivity index (χ3n) is 6.12. The minimum atomic E-state index is -0.795. The molecule has 1 saturated heterocycles. The van der Waals surface area contributed by atoms with Crippen molar-refractivity contribution in [3.63, 3.8) is 0 Å². The monoisotopic (exact) mass is 422 g/mol. The number of aryl methyl sites for hydroxylation is 1. The molecule has 2 aromatic carbocycles. The third kappa shape index (κ3) is 4.99. The first-order valence-electron chi connectivity index (χ1n) is 10.9. The number of amides is 2. The van der Waals surface area contributed by atoms with Gasteiger partial charge in [0.1, 0.15) is 5.75 Å². The van der Waals surface area contributed by atoms with Gasteiger partial charge in [0.15, 0.2) is 6.10 Å². The topological polar surface area (TPSA) is 73.9 Å². The summed E-state index contributed by atoms with van der Waals surface area (Å²) in [6, 6.07) is 13.7. The van der Waals surface area contributed by atoms with Crippen molar-refractivity contribution in [2.75, 3.05) is 49.5 Å². The van der Waals surface area contributed by atoms with Gasteiger partial charge in [-0.25, -0.2) is 0 Å². The summed E-state index contributed by atoms with van der Waals surface area (Å²) in [6.45, 7) is 9.59. The van der Waals surface area contributed by atoms with Crippen molar-refractivity contribution < 1.29 is 14.3 Å². The van der Waals surface area contributed by atoms with E-state index in [0.29, 0.717) is 18.0 Å². The number of fused-ring (bicyclic) bond motifs is 1. The Balaban J connectivity index is 1.19. The van der Waals surface area contributed by atoms with Gasteiger partial charge in [0, 0.05) is 45.0 Å². The predicted molar refractivity (Wildman–Crippen MR) is 122 cm³/mol. The van der Waals surface area contributed by atoms with E-state index in [1.54, 1.807) is 12.1 Å². The number of nitrogens with zero attached hydrogens (tertiary/aromatic N) is 2. The van der Waals surface area contributed by atoms with Gasteiger partial charge in [-0.2, -0.15) is 0 Å². The van der Waals surface area contributed by atoms with E-state index in [2.05, 4.69) is 52.5 Å². The summed E-state index contributed by atoms with van der Waals surface area (Å²) in [5.74, 6) is 0.145. The van der Waals surface area contributed by atoms with Crippen molar-refractivity contribution in [1.82, 2.24) is 10.2 Å². The van der Waals surface area contributed by atoms with E-state index < -0.39 is 6.10 Å². The van der Waals surface area contributed by atoms with E-state index in [9.17, 15) is 9.59 Å². The smallest absolute Gasteiger partial charge is 0.266 e. The minimum Gasteiger partial charge on any atom is -0.478 e. The first kappa shape index (κ1) is 21.2. The molecule has 2 amide bonds. The second-order valence-electron chi connectivity index (χ2n) is 8.19. The number of rotatable bonds is 6. The van der Waals surface area contributed by atoms with Gasteiger partial charge in [0.25, 0.3) is 5.91 Å². The highest BCUT2D eigenvalue weighted by molar-refractivity contribution is 5.99. The largest absolute Gasteiger partial charge is 0.478 e. The second kappa shape index (κ2) is 9.39. The Bertz CT molecular complexity index is 954. The summed E-state index contributed by atoms with van der Waals surface area (Å²) in [5, 5.41) is 5.72. The molecule has 0 radical (unpaired) electrons. The average molecular weight is 423 g/mol. The predicted octanol–water partition coefficient (Wildman–Crippen LogP) is 2.33. The molecule has 2 N–H and O–H groups in total. The molecular weight excluding hydrogens is 392 g/mol. The molecule has 4 rings (SSSR count). The van der Waals surface area contributed by atoms with Gasteiger partial charge in [0.05, 0.1) is 12.1 Å². The number of para-hydroxylation sites is 2. The van der Waals surface area contributed by atoms with E-state index in [1.165, 1.54) is 16.8 Å². The molecule has 2 aliphatic rings. The molecule has 0 bridgehead atoms. The normalized spacial score (nSPS) is 18.7. The number of hydrogen-bond donors (Lipinski definition) is 2. The van der Waals surface area contributed by atoms with Crippen LogP contribution in [0.5, 0.6) is 5.75 Å². The van der Waals surface area contributed by atoms with Gasteiger partial charge in [-0.1, -0.05) is 24.3 Å². The van der Waals surface area contributed by atoms with E-state index >= 15 is 0 Å². The maximum atomic E-state index is 12.3. The standard InChI is InChI=1S/C24H30N4O3/c1-17-6-5-8-20(18(17)2)28-14-12-27(13-15-28)11-10-25-23(29)16-22-24(30)26-19-7-3-4-9-21(19)31-22/h3-9,22H,10-16H2,1-2H3,(H,25,29)(H,26,30)/t22-/m0/s1. The van der Waals surface area contributed by atoms with Gasteiger partial charge in [0.2, 0.25) is 5.91 Å². The van der Waals surface area contributed by atoms with Gasteiger partial charge in [-0.3, -0.25) is 14.5 Å². The second-order valence-corrected chi connectivity index (χ2v) is 8.19. The van der Waals surface area contributed by atoms with Crippen molar-refractivity contribution >= 4 is 23.2 Å². The zero-order chi connectivity index (χ0) is 21.8. The zero-order valence-corrected chi connectivity index (χ0v) is 18.2. The molecule has 2 heterocycles. The number of piperazine rings is 1. The Kier molecular flexibility index (Phi) is 6.42. The maximum absolute atomic E-state index is 12.3. The number of anilines is 2. The molecule has 7 heteroatoms. The number of benzene rings is 2. The molecule has 1 fully saturated rings. The molecule has 31 heavy (non-hydrogen) atoms. The highest BCUT2D eigenvalue weighted by Crippen LogP contribution is 2.29. The molecule has 2 aliphatic heterocycles. The van der Waals surface area contributed by atoms with Crippen LogP contribution in [0.25, 0.3) is 0 Å². The lowest BCUT2D eigenvalue weighted by Gasteiger charge is -2.37. The molecule has 1 atom stereocenters. The van der Waals surface area contributed by atoms with Crippen LogP contribution in [0, 0.1) is 13.8 Å². The van der Waals surface area contributed by atoms with Crippen LogP contribution in [-0.2, 0) is 9.59 Å². The molecule has 0 aliphatic carbocycles. The van der Waals surface area contributed by atoms with E-state index in [1.807, 2.05) is 12.1 Å². The van der Waals surface area contributed by atoms with E-state index in [0.717, 1.165) is 32.7 Å². The quantitative estimate of drug-likeness (QED) is 0.748.